The molecule has 0 atom stereocenters. The third-order valence-electron chi connectivity index (χ3n) is 4.36. The summed E-state index contributed by atoms with van der Waals surface area (Å²) < 4.78 is 0. The fourth-order valence-electron chi connectivity index (χ4n) is 2.95. The second kappa shape index (κ2) is 7.43. The van der Waals surface area contributed by atoms with Crippen molar-refractivity contribution in [1.29, 1.82) is 0 Å². The van der Waals surface area contributed by atoms with Gasteiger partial charge >= 0.3 is 5.97 Å². The molecule has 4 rings (SSSR count). The van der Waals surface area contributed by atoms with E-state index in [0.717, 1.165) is 0 Å². The van der Waals surface area contributed by atoms with Gasteiger partial charge in [0.1, 0.15) is 0 Å². The van der Waals surface area contributed by atoms with E-state index in [9.17, 15) is 24.3 Å². The number of aromatic carboxylic acids is 1. The summed E-state index contributed by atoms with van der Waals surface area (Å²) in [4.78, 5) is 50.8. The fourth-order valence-corrected chi connectivity index (χ4v) is 2.95. The predicted octanol–water partition coefficient (Wildman–Crippen LogP) is 1.51. The Morgan fingerprint density at radius 1 is 1.03 bits per heavy atom. The summed E-state index contributed by atoms with van der Waals surface area (Å²) in [5.74, 6) is -1.70. The predicted molar refractivity (Wildman–Crippen MR) is 109 cm³/mol. The molecule has 0 aliphatic rings. The number of carboxylic acids is 1. The molecule has 10 nitrogen and oxygen atoms in total. The zero-order valence-corrected chi connectivity index (χ0v) is 15.2. The summed E-state index contributed by atoms with van der Waals surface area (Å²) in [5.41, 5.74) is -0.241. The first-order valence-electron chi connectivity index (χ1n) is 8.66. The van der Waals surface area contributed by atoms with Crippen molar-refractivity contribution in [2.24, 2.45) is 0 Å². The molecule has 148 valence electrons. The third-order valence-corrected chi connectivity index (χ3v) is 4.36. The Kier molecular flexibility index (Phi) is 4.64. The monoisotopic (exact) mass is 403 g/mol. The van der Waals surface area contributed by atoms with Gasteiger partial charge in [-0.05, 0) is 35.9 Å². The molecule has 0 spiro atoms. The first-order valence-corrected chi connectivity index (χ1v) is 8.66. The van der Waals surface area contributed by atoms with E-state index >= 15 is 0 Å². The van der Waals surface area contributed by atoms with Crippen LogP contribution in [0.1, 0.15) is 15.9 Å². The summed E-state index contributed by atoms with van der Waals surface area (Å²) in [6, 6.07) is 10.7. The number of para-hydroxylation sites is 1. The average Bonchev–Trinajstić information content (AvgIpc) is 3.19. The highest BCUT2D eigenvalue weighted by molar-refractivity contribution is 6.06. The molecule has 0 saturated heterocycles. The van der Waals surface area contributed by atoms with Crippen molar-refractivity contribution in [2.75, 3.05) is 5.32 Å². The highest BCUT2D eigenvalue weighted by Gasteiger charge is 2.11. The standard InChI is InChI=1S/C20H13N5O5/c26-15(21-13-4-2-1-3-12(13)20(29)30)8-6-10-5-7-11-14(9-10)22-19(28)17-16(18(11)27)23-25-24-17/h1-9H,(H,21,26)(H,22,28)(H,29,30)(H,23,24,25). The molecule has 0 aliphatic heterocycles. The van der Waals surface area contributed by atoms with E-state index < -0.39 is 22.9 Å². The number of carbonyl (C=O) groups is 2. The summed E-state index contributed by atoms with van der Waals surface area (Å²) in [6.07, 6.45) is 2.69. The van der Waals surface area contributed by atoms with Gasteiger partial charge in [-0.15, -0.1) is 0 Å². The lowest BCUT2D eigenvalue weighted by Crippen LogP contribution is -2.11. The maximum Gasteiger partial charge on any atom is 0.337 e. The van der Waals surface area contributed by atoms with Gasteiger partial charge in [0.15, 0.2) is 11.0 Å². The van der Waals surface area contributed by atoms with Gasteiger partial charge < -0.3 is 15.4 Å². The number of nitrogens with one attached hydrogen (secondary N) is 3. The molecule has 0 bridgehead atoms. The first-order chi connectivity index (χ1) is 14.4. The van der Waals surface area contributed by atoms with Crippen molar-refractivity contribution in [3.05, 3.63) is 80.2 Å². The topological polar surface area (TPSA) is 158 Å². The minimum absolute atomic E-state index is 0.0311. The zero-order chi connectivity index (χ0) is 21.3. The molecule has 0 radical (unpaired) electrons. The van der Waals surface area contributed by atoms with Crippen LogP contribution >= 0.6 is 0 Å². The van der Waals surface area contributed by atoms with Gasteiger partial charge in [-0.25, -0.2) is 4.79 Å². The van der Waals surface area contributed by atoms with Crippen LogP contribution in [-0.2, 0) is 4.79 Å². The summed E-state index contributed by atoms with van der Waals surface area (Å²) >= 11 is 0. The van der Waals surface area contributed by atoms with Crippen LogP contribution in [0.5, 0.6) is 0 Å². The van der Waals surface area contributed by atoms with E-state index in [2.05, 4.69) is 25.7 Å². The number of hydrogen-bond donors (Lipinski definition) is 4. The molecule has 4 N–H and O–H groups in total. The number of anilines is 1. The summed E-state index contributed by atoms with van der Waals surface area (Å²) in [7, 11) is 0. The molecule has 10 heteroatoms. The SMILES string of the molecule is O=C(C=Cc1ccc2c(=O)c3n[nH]nc3c(=O)[nH]c2c1)Nc1ccccc1C(=O)O. The van der Waals surface area contributed by atoms with Crippen LogP contribution in [0.4, 0.5) is 5.69 Å². The number of amides is 1. The van der Waals surface area contributed by atoms with Gasteiger partial charge in [-0.2, -0.15) is 15.4 Å². The van der Waals surface area contributed by atoms with E-state index in [1.165, 1.54) is 36.4 Å². The number of fused-ring (bicyclic) bond motifs is 2. The Morgan fingerprint density at radius 2 is 1.80 bits per heavy atom. The van der Waals surface area contributed by atoms with E-state index in [-0.39, 0.29) is 33.2 Å². The Balaban J connectivity index is 1.66. The van der Waals surface area contributed by atoms with Crippen LogP contribution in [0.2, 0.25) is 0 Å². The van der Waals surface area contributed by atoms with Crippen molar-refractivity contribution < 1.29 is 14.7 Å². The van der Waals surface area contributed by atoms with Crippen molar-refractivity contribution >= 4 is 45.6 Å². The maximum absolute atomic E-state index is 12.6. The second-order valence-corrected chi connectivity index (χ2v) is 6.28. The van der Waals surface area contributed by atoms with Gasteiger partial charge in [-0.1, -0.05) is 18.2 Å². The van der Waals surface area contributed by atoms with Crippen molar-refractivity contribution in [3.8, 4) is 0 Å². The lowest BCUT2D eigenvalue weighted by Gasteiger charge is -2.05. The lowest BCUT2D eigenvalue weighted by atomic mass is 10.1. The average molecular weight is 403 g/mol. The van der Waals surface area contributed by atoms with E-state index in [1.807, 2.05) is 0 Å². The molecule has 0 fully saturated rings. The minimum atomic E-state index is -1.16. The molecular weight excluding hydrogens is 390 g/mol. The Bertz CT molecular complexity index is 1470. The smallest absolute Gasteiger partial charge is 0.337 e. The van der Waals surface area contributed by atoms with E-state index in [4.69, 9.17) is 0 Å². The van der Waals surface area contributed by atoms with Crippen LogP contribution in [-0.4, -0.2) is 37.4 Å². The van der Waals surface area contributed by atoms with Gasteiger partial charge in [-0.3, -0.25) is 14.4 Å². The number of H-pyrrole nitrogens is 2. The molecular formula is C20H13N5O5. The van der Waals surface area contributed by atoms with Crippen molar-refractivity contribution in [3.63, 3.8) is 0 Å². The quantitative estimate of drug-likeness (QED) is 0.376. The third kappa shape index (κ3) is 3.44. The van der Waals surface area contributed by atoms with Crippen LogP contribution < -0.4 is 16.3 Å². The first kappa shape index (κ1) is 18.7. The molecule has 2 aromatic carbocycles. The number of rotatable bonds is 4. The molecule has 30 heavy (non-hydrogen) atoms. The van der Waals surface area contributed by atoms with Gasteiger partial charge in [0.2, 0.25) is 11.3 Å². The molecule has 4 aromatic rings. The highest BCUT2D eigenvalue weighted by Crippen LogP contribution is 2.16. The number of aromatic nitrogens is 4. The molecule has 2 aromatic heterocycles. The number of carboxylic acid groups (broad SMARTS) is 1. The number of hydrogen-bond acceptors (Lipinski definition) is 6. The summed E-state index contributed by atoms with van der Waals surface area (Å²) in [5, 5.41) is 21.6. The largest absolute Gasteiger partial charge is 0.478 e. The van der Waals surface area contributed by atoms with E-state index in [1.54, 1.807) is 18.2 Å². The van der Waals surface area contributed by atoms with Gasteiger partial charge in [0, 0.05) is 11.5 Å². The number of benzene rings is 2. The molecule has 0 unspecified atom stereocenters. The minimum Gasteiger partial charge on any atom is -0.478 e. The second-order valence-electron chi connectivity index (χ2n) is 6.28. The Labute approximate surface area is 166 Å². The molecule has 2 heterocycles. The van der Waals surface area contributed by atoms with Crippen LogP contribution in [0.15, 0.2) is 58.1 Å². The zero-order valence-electron chi connectivity index (χ0n) is 15.2. The van der Waals surface area contributed by atoms with Crippen LogP contribution in [0.25, 0.3) is 28.0 Å². The van der Waals surface area contributed by atoms with Crippen LogP contribution in [0.3, 0.4) is 0 Å². The Morgan fingerprint density at radius 3 is 2.60 bits per heavy atom. The fraction of sp³-hybridized carbons (Fsp3) is 0. The molecule has 1 amide bonds. The maximum atomic E-state index is 12.6. The molecule has 0 aliphatic carbocycles. The highest BCUT2D eigenvalue weighted by atomic mass is 16.4. The Hall–Kier alpha value is -4.60. The normalized spacial score (nSPS) is 11.2. The molecule has 0 saturated carbocycles. The van der Waals surface area contributed by atoms with E-state index in [0.29, 0.717) is 5.56 Å². The lowest BCUT2D eigenvalue weighted by molar-refractivity contribution is -0.111. The number of aromatic amines is 2. The summed E-state index contributed by atoms with van der Waals surface area (Å²) in [6.45, 7) is 0. The number of nitrogens with zero attached hydrogens (tertiary/aromatic N) is 2. The van der Waals surface area contributed by atoms with Gasteiger partial charge in [0.05, 0.1) is 16.8 Å². The van der Waals surface area contributed by atoms with Crippen molar-refractivity contribution in [2.45, 2.75) is 0 Å². The number of carbonyl (C=O) groups excluding carboxylic acids is 1. The van der Waals surface area contributed by atoms with Crippen LogP contribution in [0, 0.1) is 0 Å². The van der Waals surface area contributed by atoms with Gasteiger partial charge in [0.25, 0.3) is 5.56 Å². The van der Waals surface area contributed by atoms with Crippen molar-refractivity contribution in [1.82, 2.24) is 20.4 Å².